The predicted octanol–water partition coefficient (Wildman–Crippen LogP) is 4.84. The summed E-state index contributed by atoms with van der Waals surface area (Å²) < 4.78 is 1.99. The van der Waals surface area contributed by atoms with Gasteiger partial charge in [0.05, 0.1) is 17.9 Å². The van der Waals surface area contributed by atoms with Crippen LogP contribution in [0.15, 0.2) is 38.9 Å². The monoisotopic (exact) mass is 360 g/mol. The van der Waals surface area contributed by atoms with Gasteiger partial charge in [0.25, 0.3) is 0 Å². The number of nitrogens with zero attached hydrogens (tertiary/aromatic N) is 1. The van der Waals surface area contributed by atoms with Gasteiger partial charge in [-0.1, -0.05) is 0 Å². The third-order valence-corrected chi connectivity index (χ3v) is 4.47. The van der Waals surface area contributed by atoms with E-state index in [-0.39, 0.29) is 0 Å². The van der Waals surface area contributed by atoms with E-state index in [0.717, 1.165) is 14.8 Å². The number of pyridine rings is 1. The number of nitrogens with one attached hydrogen (secondary N) is 1. The van der Waals surface area contributed by atoms with E-state index >= 15 is 0 Å². The lowest BCUT2D eigenvalue weighted by Gasteiger charge is -2.13. The summed E-state index contributed by atoms with van der Waals surface area (Å²) in [4.78, 5) is 5.48. The second-order valence-electron chi connectivity index (χ2n) is 3.40. The zero-order valence-corrected chi connectivity index (χ0v) is 12.6. The third kappa shape index (κ3) is 3.06. The van der Waals surface area contributed by atoms with Gasteiger partial charge in [-0.25, -0.2) is 4.98 Å². The summed E-state index contributed by atoms with van der Waals surface area (Å²) in [5, 5.41) is 5.50. The minimum Gasteiger partial charge on any atom is -0.376 e. The first-order valence-electron chi connectivity index (χ1n) is 4.77. The molecule has 1 N–H and O–H groups in total. The van der Waals surface area contributed by atoms with Gasteiger partial charge in [0, 0.05) is 14.7 Å². The van der Waals surface area contributed by atoms with Crippen LogP contribution >= 0.6 is 43.2 Å². The van der Waals surface area contributed by atoms with Gasteiger partial charge >= 0.3 is 0 Å². The average Bonchev–Trinajstić information content (AvgIpc) is 2.68. The molecule has 0 fully saturated rings. The molecule has 0 bridgehead atoms. The highest BCUT2D eigenvalue weighted by Gasteiger charge is 2.07. The third-order valence-electron chi connectivity index (χ3n) is 2.13. The molecular formula is C11H10Br2N2S. The van der Waals surface area contributed by atoms with Crippen molar-refractivity contribution in [2.75, 3.05) is 5.32 Å². The van der Waals surface area contributed by atoms with Gasteiger partial charge < -0.3 is 5.32 Å². The lowest BCUT2D eigenvalue weighted by Crippen LogP contribution is -2.04. The first-order valence-corrected chi connectivity index (χ1v) is 7.24. The van der Waals surface area contributed by atoms with Gasteiger partial charge in [-0.2, -0.15) is 0 Å². The molecule has 84 valence electrons. The lowest BCUT2D eigenvalue weighted by atomic mass is 10.2. The van der Waals surface area contributed by atoms with Crippen molar-refractivity contribution in [3.8, 4) is 0 Å². The van der Waals surface area contributed by atoms with Crippen LogP contribution < -0.4 is 5.32 Å². The van der Waals surface area contributed by atoms with Crippen LogP contribution in [0.2, 0.25) is 0 Å². The minimum atomic E-state index is 0.291. The van der Waals surface area contributed by atoms with Crippen molar-refractivity contribution in [2.45, 2.75) is 13.0 Å². The molecule has 0 aliphatic carbocycles. The fourth-order valence-corrected chi connectivity index (χ4v) is 3.03. The summed E-state index contributed by atoms with van der Waals surface area (Å²) in [6.07, 6.45) is 1.82. The first-order chi connectivity index (χ1) is 7.65. The van der Waals surface area contributed by atoms with Gasteiger partial charge in [-0.05, 0) is 57.0 Å². The molecule has 1 atom stereocenters. The van der Waals surface area contributed by atoms with Gasteiger partial charge in [-0.15, -0.1) is 11.3 Å². The average molecular weight is 362 g/mol. The molecule has 1 unspecified atom stereocenters. The second-order valence-corrected chi connectivity index (χ2v) is 6.07. The number of hydrogen-bond acceptors (Lipinski definition) is 3. The van der Waals surface area contributed by atoms with Crippen molar-refractivity contribution in [2.24, 2.45) is 0 Å². The van der Waals surface area contributed by atoms with E-state index in [0.29, 0.717) is 6.04 Å². The topological polar surface area (TPSA) is 24.9 Å². The quantitative estimate of drug-likeness (QED) is 0.791. The number of thiophene rings is 1. The van der Waals surface area contributed by atoms with E-state index in [1.54, 1.807) is 11.3 Å². The van der Waals surface area contributed by atoms with Crippen LogP contribution in [0.3, 0.4) is 0 Å². The molecule has 0 saturated heterocycles. The molecule has 16 heavy (non-hydrogen) atoms. The van der Waals surface area contributed by atoms with Crippen LogP contribution in [-0.2, 0) is 0 Å². The summed E-state index contributed by atoms with van der Waals surface area (Å²) in [6.45, 7) is 2.14. The number of rotatable bonds is 3. The number of halogens is 2. The highest BCUT2D eigenvalue weighted by molar-refractivity contribution is 9.10. The fourth-order valence-electron chi connectivity index (χ4n) is 1.34. The Hall–Kier alpha value is -0.390. The summed E-state index contributed by atoms with van der Waals surface area (Å²) in [6, 6.07) is 6.36. The van der Waals surface area contributed by atoms with Gasteiger partial charge in [0.2, 0.25) is 0 Å². The molecular weight excluding hydrogens is 352 g/mol. The summed E-state index contributed by atoms with van der Waals surface area (Å²) >= 11 is 8.52. The van der Waals surface area contributed by atoms with Crippen LogP contribution in [0.25, 0.3) is 0 Å². The van der Waals surface area contributed by atoms with Crippen LogP contribution in [-0.4, -0.2) is 4.98 Å². The van der Waals surface area contributed by atoms with Gasteiger partial charge in [-0.3, -0.25) is 0 Å². The number of hydrogen-bond donors (Lipinski definition) is 1. The Morgan fingerprint density at radius 2 is 2.19 bits per heavy atom. The van der Waals surface area contributed by atoms with Gasteiger partial charge in [0.15, 0.2) is 0 Å². The molecule has 2 aromatic rings. The van der Waals surface area contributed by atoms with Crippen molar-refractivity contribution in [3.63, 3.8) is 0 Å². The summed E-state index contributed by atoms with van der Waals surface area (Å²) in [5.41, 5.74) is 1.03. The molecule has 0 amide bonds. The normalized spacial score (nSPS) is 12.4. The fraction of sp³-hybridized carbons (Fsp3) is 0.182. The second kappa shape index (κ2) is 5.29. The Morgan fingerprint density at radius 1 is 1.38 bits per heavy atom. The molecule has 0 aliphatic heterocycles. The van der Waals surface area contributed by atoms with Crippen LogP contribution in [0, 0.1) is 0 Å². The molecule has 2 heterocycles. The van der Waals surface area contributed by atoms with Crippen molar-refractivity contribution in [1.82, 2.24) is 4.98 Å². The molecule has 0 spiro atoms. The van der Waals surface area contributed by atoms with E-state index in [1.807, 2.05) is 18.3 Å². The number of aromatic nitrogens is 1. The van der Waals surface area contributed by atoms with E-state index in [1.165, 1.54) is 4.88 Å². The smallest absolute Gasteiger partial charge is 0.106 e. The standard InChI is InChI=1S/C11H10Br2N2S/c1-7(10-4-8(12)6-16-10)15-9-2-3-11(13)14-5-9/h2-7,15H,1H3. The largest absolute Gasteiger partial charge is 0.376 e. The van der Waals surface area contributed by atoms with E-state index in [4.69, 9.17) is 0 Å². The van der Waals surface area contributed by atoms with Crippen molar-refractivity contribution >= 4 is 48.9 Å². The molecule has 2 aromatic heterocycles. The van der Waals surface area contributed by atoms with Crippen LogP contribution in [0.4, 0.5) is 5.69 Å². The van der Waals surface area contributed by atoms with Crippen molar-refractivity contribution in [3.05, 3.63) is 43.7 Å². The lowest BCUT2D eigenvalue weighted by molar-refractivity contribution is 0.905. The molecule has 0 radical (unpaired) electrons. The number of anilines is 1. The van der Waals surface area contributed by atoms with Gasteiger partial charge in [0.1, 0.15) is 4.60 Å². The van der Waals surface area contributed by atoms with E-state index in [2.05, 4.69) is 60.5 Å². The summed E-state index contributed by atoms with van der Waals surface area (Å²) in [5.74, 6) is 0. The maximum atomic E-state index is 4.18. The van der Waals surface area contributed by atoms with Crippen LogP contribution in [0.1, 0.15) is 17.8 Å². The Labute approximate surface area is 115 Å². The molecule has 5 heteroatoms. The zero-order chi connectivity index (χ0) is 11.5. The molecule has 0 saturated carbocycles. The Kier molecular flexibility index (Phi) is 4.00. The van der Waals surface area contributed by atoms with E-state index in [9.17, 15) is 0 Å². The predicted molar refractivity (Wildman–Crippen MR) is 76.0 cm³/mol. The maximum absolute atomic E-state index is 4.18. The molecule has 0 aromatic carbocycles. The molecule has 2 nitrogen and oxygen atoms in total. The molecule has 0 aliphatic rings. The Bertz CT molecular complexity index is 467. The SMILES string of the molecule is CC(Nc1ccc(Br)nc1)c1cc(Br)cs1. The zero-order valence-electron chi connectivity index (χ0n) is 8.58. The van der Waals surface area contributed by atoms with Crippen molar-refractivity contribution in [1.29, 1.82) is 0 Å². The Balaban J connectivity index is 2.07. The van der Waals surface area contributed by atoms with Crippen LogP contribution in [0.5, 0.6) is 0 Å². The highest BCUT2D eigenvalue weighted by atomic mass is 79.9. The Morgan fingerprint density at radius 3 is 2.75 bits per heavy atom. The van der Waals surface area contributed by atoms with Crippen molar-refractivity contribution < 1.29 is 0 Å². The minimum absolute atomic E-state index is 0.291. The highest BCUT2D eigenvalue weighted by Crippen LogP contribution is 2.27. The first kappa shape index (κ1) is 12.1. The maximum Gasteiger partial charge on any atom is 0.106 e. The summed E-state index contributed by atoms with van der Waals surface area (Å²) in [7, 11) is 0. The van der Waals surface area contributed by atoms with E-state index < -0.39 is 0 Å². The molecule has 2 rings (SSSR count).